The molecule has 0 bridgehead atoms. The third-order valence-corrected chi connectivity index (χ3v) is 3.77. The highest BCUT2D eigenvalue weighted by atomic mass is 19.1. The van der Waals surface area contributed by atoms with Gasteiger partial charge in [0.15, 0.2) is 0 Å². The number of benzene rings is 3. The summed E-state index contributed by atoms with van der Waals surface area (Å²) >= 11 is 0. The van der Waals surface area contributed by atoms with Gasteiger partial charge in [-0.15, -0.1) is 0 Å². The van der Waals surface area contributed by atoms with Gasteiger partial charge < -0.3 is 10.1 Å². The minimum absolute atomic E-state index is 0.224. The molecule has 1 N–H and O–H groups in total. The Morgan fingerprint density at radius 3 is 2.58 bits per heavy atom. The van der Waals surface area contributed by atoms with E-state index in [1.165, 1.54) is 11.6 Å². The fourth-order valence-corrected chi connectivity index (χ4v) is 2.48. The average molecular weight is 321 g/mol. The Balaban J connectivity index is 1.60. The number of aryl methyl sites for hydroxylation is 1. The van der Waals surface area contributed by atoms with Crippen molar-refractivity contribution < 1.29 is 9.13 Å². The first-order valence-corrected chi connectivity index (χ1v) is 7.96. The second-order valence-corrected chi connectivity index (χ2v) is 5.75. The van der Waals surface area contributed by atoms with Crippen molar-refractivity contribution in [2.75, 3.05) is 5.32 Å². The van der Waals surface area contributed by atoms with Gasteiger partial charge in [0.05, 0.1) is 0 Å². The second-order valence-electron chi connectivity index (χ2n) is 5.75. The van der Waals surface area contributed by atoms with Crippen LogP contribution < -0.4 is 10.1 Å². The van der Waals surface area contributed by atoms with E-state index < -0.39 is 0 Å². The molecule has 0 aliphatic carbocycles. The molecular formula is C21H20FNO. The maximum absolute atomic E-state index is 13.6. The number of ether oxygens (including phenoxy) is 1. The molecule has 0 fully saturated rings. The maximum atomic E-state index is 13.6. The number of halogens is 1. The Bertz CT molecular complexity index is 816. The minimum Gasteiger partial charge on any atom is -0.489 e. The van der Waals surface area contributed by atoms with Crippen molar-refractivity contribution in [3.05, 3.63) is 95.3 Å². The molecule has 0 heterocycles. The van der Waals surface area contributed by atoms with E-state index in [2.05, 4.69) is 24.4 Å². The highest BCUT2D eigenvalue weighted by Crippen LogP contribution is 2.18. The highest BCUT2D eigenvalue weighted by molar-refractivity contribution is 5.46. The van der Waals surface area contributed by atoms with Gasteiger partial charge in [-0.2, -0.15) is 0 Å². The van der Waals surface area contributed by atoms with Gasteiger partial charge in [-0.3, -0.25) is 0 Å². The van der Waals surface area contributed by atoms with Gasteiger partial charge in [0, 0.05) is 17.8 Å². The standard InChI is InChI=1S/C21H20FNO/c1-16-6-4-9-19(12-16)23-14-17-7-5-10-20(13-17)24-15-18-8-2-3-11-21(18)22/h2-13,23H,14-15H2,1H3. The highest BCUT2D eigenvalue weighted by Gasteiger charge is 2.03. The van der Waals surface area contributed by atoms with Gasteiger partial charge in [0.1, 0.15) is 18.2 Å². The van der Waals surface area contributed by atoms with Gasteiger partial charge >= 0.3 is 0 Å². The number of anilines is 1. The molecule has 3 heteroatoms. The molecule has 0 spiro atoms. The van der Waals surface area contributed by atoms with E-state index in [0.29, 0.717) is 12.1 Å². The lowest BCUT2D eigenvalue weighted by Crippen LogP contribution is -2.01. The van der Waals surface area contributed by atoms with E-state index >= 15 is 0 Å². The number of hydrogen-bond donors (Lipinski definition) is 1. The van der Waals surface area contributed by atoms with Crippen molar-refractivity contribution in [2.45, 2.75) is 20.1 Å². The molecule has 3 aromatic carbocycles. The summed E-state index contributed by atoms with van der Waals surface area (Å²) in [6.45, 7) is 3.00. The van der Waals surface area contributed by atoms with E-state index in [-0.39, 0.29) is 12.4 Å². The molecule has 0 unspecified atom stereocenters. The van der Waals surface area contributed by atoms with Gasteiger partial charge in [-0.05, 0) is 48.4 Å². The predicted molar refractivity (Wildman–Crippen MR) is 95.7 cm³/mol. The zero-order valence-electron chi connectivity index (χ0n) is 13.6. The summed E-state index contributed by atoms with van der Waals surface area (Å²) in [5.41, 5.74) is 3.98. The largest absolute Gasteiger partial charge is 0.489 e. The number of hydrogen-bond acceptors (Lipinski definition) is 2. The average Bonchev–Trinajstić information content (AvgIpc) is 2.60. The molecule has 0 saturated heterocycles. The molecular weight excluding hydrogens is 301 g/mol. The Morgan fingerprint density at radius 2 is 1.75 bits per heavy atom. The van der Waals surface area contributed by atoms with Gasteiger partial charge in [0.2, 0.25) is 0 Å². The molecule has 3 aromatic rings. The van der Waals surface area contributed by atoms with E-state index in [0.717, 1.165) is 17.0 Å². The van der Waals surface area contributed by atoms with Crippen molar-refractivity contribution >= 4 is 5.69 Å². The van der Waals surface area contributed by atoms with Crippen molar-refractivity contribution in [2.24, 2.45) is 0 Å². The third-order valence-electron chi connectivity index (χ3n) is 3.77. The van der Waals surface area contributed by atoms with Gasteiger partial charge in [0.25, 0.3) is 0 Å². The normalized spacial score (nSPS) is 10.4. The fourth-order valence-electron chi connectivity index (χ4n) is 2.48. The van der Waals surface area contributed by atoms with Crippen LogP contribution >= 0.6 is 0 Å². The van der Waals surface area contributed by atoms with Crippen molar-refractivity contribution in [1.29, 1.82) is 0 Å². The topological polar surface area (TPSA) is 21.3 Å². The fraction of sp³-hybridized carbons (Fsp3) is 0.143. The van der Waals surface area contributed by atoms with E-state index in [4.69, 9.17) is 4.74 Å². The second kappa shape index (κ2) is 7.64. The summed E-state index contributed by atoms with van der Waals surface area (Å²) in [5, 5.41) is 3.40. The molecule has 122 valence electrons. The quantitative estimate of drug-likeness (QED) is 0.663. The summed E-state index contributed by atoms with van der Waals surface area (Å²) < 4.78 is 19.3. The first kappa shape index (κ1) is 16.1. The molecule has 3 rings (SSSR count). The van der Waals surface area contributed by atoms with Crippen molar-refractivity contribution in [3.63, 3.8) is 0 Å². The molecule has 0 aromatic heterocycles. The lowest BCUT2D eigenvalue weighted by Gasteiger charge is -2.10. The van der Waals surface area contributed by atoms with E-state index in [9.17, 15) is 4.39 Å². The van der Waals surface area contributed by atoms with Crippen LogP contribution in [0.2, 0.25) is 0 Å². The van der Waals surface area contributed by atoms with Crippen LogP contribution in [-0.4, -0.2) is 0 Å². The molecule has 0 aliphatic heterocycles. The first-order chi connectivity index (χ1) is 11.7. The monoisotopic (exact) mass is 321 g/mol. The Labute approximate surface area is 141 Å². The van der Waals surface area contributed by atoms with Crippen molar-refractivity contribution in [1.82, 2.24) is 0 Å². The summed E-state index contributed by atoms with van der Waals surface area (Å²) in [4.78, 5) is 0. The molecule has 0 radical (unpaired) electrons. The van der Waals surface area contributed by atoms with Crippen LogP contribution in [0.25, 0.3) is 0 Å². The summed E-state index contributed by atoms with van der Waals surface area (Å²) in [5.74, 6) is 0.497. The van der Waals surface area contributed by atoms with E-state index in [1.807, 2.05) is 42.5 Å². The Hall–Kier alpha value is -2.81. The summed E-state index contributed by atoms with van der Waals surface area (Å²) in [7, 11) is 0. The first-order valence-electron chi connectivity index (χ1n) is 7.96. The van der Waals surface area contributed by atoms with Crippen LogP contribution in [0.15, 0.2) is 72.8 Å². The molecule has 0 atom stereocenters. The summed E-state index contributed by atoms with van der Waals surface area (Å²) in [6.07, 6.45) is 0. The van der Waals surface area contributed by atoms with Gasteiger partial charge in [-0.25, -0.2) is 4.39 Å². The maximum Gasteiger partial charge on any atom is 0.129 e. The van der Waals surface area contributed by atoms with Crippen LogP contribution in [0.5, 0.6) is 5.75 Å². The molecule has 0 amide bonds. The van der Waals surface area contributed by atoms with Crippen LogP contribution in [0.3, 0.4) is 0 Å². The number of nitrogens with one attached hydrogen (secondary N) is 1. The van der Waals surface area contributed by atoms with Crippen LogP contribution in [0.1, 0.15) is 16.7 Å². The zero-order chi connectivity index (χ0) is 16.8. The van der Waals surface area contributed by atoms with Crippen molar-refractivity contribution in [3.8, 4) is 5.75 Å². The lowest BCUT2D eigenvalue weighted by atomic mass is 10.2. The van der Waals surface area contributed by atoms with Crippen LogP contribution in [0, 0.1) is 12.7 Å². The third kappa shape index (κ3) is 4.35. The SMILES string of the molecule is Cc1cccc(NCc2cccc(OCc3ccccc3F)c2)c1. The molecule has 2 nitrogen and oxygen atoms in total. The molecule has 0 aliphatic rings. The van der Waals surface area contributed by atoms with Crippen LogP contribution in [0.4, 0.5) is 10.1 Å². The Kier molecular flexibility index (Phi) is 5.12. The van der Waals surface area contributed by atoms with Gasteiger partial charge in [-0.1, -0.05) is 42.5 Å². The smallest absolute Gasteiger partial charge is 0.129 e. The molecule has 24 heavy (non-hydrogen) atoms. The minimum atomic E-state index is -0.241. The zero-order valence-corrected chi connectivity index (χ0v) is 13.6. The predicted octanol–water partition coefficient (Wildman–Crippen LogP) is 5.33. The van der Waals surface area contributed by atoms with Crippen LogP contribution in [-0.2, 0) is 13.2 Å². The van der Waals surface area contributed by atoms with E-state index in [1.54, 1.807) is 12.1 Å². The number of rotatable bonds is 6. The summed E-state index contributed by atoms with van der Waals surface area (Å²) in [6, 6.07) is 22.8. The lowest BCUT2D eigenvalue weighted by molar-refractivity contribution is 0.299. The molecule has 0 saturated carbocycles. The Morgan fingerprint density at radius 1 is 0.917 bits per heavy atom.